The van der Waals surface area contributed by atoms with E-state index in [4.69, 9.17) is 10.5 Å². The van der Waals surface area contributed by atoms with Crippen molar-refractivity contribution in [3.8, 4) is 5.75 Å². The molecule has 2 N–H and O–H groups in total. The Morgan fingerprint density at radius 2 is 2.12 bits per heavy atom. The molecule has 0 spiro atoms. The van der Waals surface area contributed by atoms with E-state index >= 15 is 0 Å². The highest BCUT2D eigenvalue weighted by atomic mass is 16.5. The number of para-hydroxylation sites is 2. The average Bonchev–Trinajstić information content (AvgIpc) is 2.53. The highest BCUT2D eigenvalue weighted by Crippen LogP contribution is 2.32. The zero-order chi connectivity index (χ0) is 12.3. The molecule has 2 rings (SSSR count). The minimum Gasteiger partial charge on any atom is -0.491 e. The van der Waals surface area contributed by atoms with Crippen molar-refractivity contribution in [2.75, 3.05) is 24.6 Å². The maximum absolute atomic E-state index is 5.93. The predicted molar refractivity (Wildman–Crippen MR) is 71.6 cm³/mol. The van der Waals surface area contributed by atoms with Gasteiger partial charge in [0.25, 0.3) is 0 Å². The van der Waals surface area contributed by atoms with E-state index in [9.17, 15) is 0 Å². The van der Waals surface area contributed by atoms with Crippen LogP contribution in [0, 0.1) is 5.92 Å². The molecule has 0 aliphatic carbocycles. The van der Waals surface area contributed by atoms with Crippen LogP contribution in [0.1, 0.15) is 20.3 Å². The van der Waals surface area contributed by atoms with Gasteiger partial charge in [0, 0.05) is 19.1 Å². The zero-order valence-electron chi connectivity index (χ0n) is 10.7. The molecule has 0 fully saturated rings. The standard InChI is InChI=1S/C14H22N2O/c1-11(2)13(10-15)16-8-5-9-17-14-7-4-3-6-12(14)16/h3-4,6-7,11,13H,5,8-10,15H2,1-2H3. The fraction of sp³-hybridized carbons (Fsp3) is 0.571. The van der Waals surface area contributed by atoms with Gasteiger partial charge in [-0.3, -0.25) is 0 Å². The van der Waals surface area contributed by atoms with E-state index in [1.807, 2.05) is 12.1 Å². The Morgan fingerprint density at radius 3 is 2.82 bits per heavy atom. The Balaban J connectivity index is 2.33. The van der Waals surface area contributed by atoms with Gasteiger partial charge >= 0.3 is 0 Å². The van der Waals surface area contributed by atoms with Crippen LogP contribution in [0.15, 0.2) is 24.3 Å². The highest BCUT2D eigenvalue weighted by Gasteiger charge is 2.24. The van der Waals surface area contributed by atoms with E-state index in [0.717, 1.165) is 25.3 Å². The van der Waals surface area contributed by atoms with E-state index in [0.29, 0.717) is 18.5 Å². The van der Waals surface area contributed by atoms with Crippen molar-refractivity contribution in [3.05, 3.63) is 24.3 Å². The second-order valence-corrected chi connectivity index (χ2v) is 4.91. The minimum absolute atomic E-state index is 0.387. The summed E-state index contributed by atoms with van der Waals surface area (Å²) in [7, 11) is 0. The first-order chi connectivity index (χ1) is 8.24. The van der Waals surface area contributed by atoms with Gasteiger partial charge < -0.3 is 15.4 Å². The molecule has 0 bridgehead atoms. The van der Waals surface area contributed by atoms with Crippen LogP contribution in [-0.4, -0.2) is 25.7 Å². The van der Waals surface area contributed by atoms with Crippen molar-refractivity contribution in [1.82, 2.24) is 0 Å². The number of rotatable bonds is 3. The molecule has 17 heavy (non-hydrogen) atoms. The fourth-order valence-electron chi connectivity index (χ4n) is 2.46. The molecule has 1 heterocycles. The topological polar surface area (TPSA) is 38.5 Å². The monoisotopic (exact) mass is 234 g/mol. The fourth-order valence-corrected chi connectivity index (χ4v) is 2.46. The zero-order valence-corrected chi connectivity index (χ0v) is 10.7. The van der Waals surface area contributed by atoms with Crippen LogP contribution in [0.3, 0.4) is 0 Å². The number of benzene rings is 1. The lowest BCUT2D eigenvalue weighted by Gasteiger charge is -2.35. The molecular weight excluding hydrogens is 212 g/mol. The molecule has 1 atom stereocenters. The van der Waals surface area contributed by atoms with Gasteiger partial charge in [-0.25, -0.2) is 0 Å². The molecule has 1 aromatic carbocycles. The van der Waals surface area contributed by atoms with Gasteiger partial charge in [0.1, 0.15) is 5.75 Å². The molecule has 0 radical (unpaired) electrons. The van der Waals surface area contributed by atoms with Crippen molar-refractivity contribution in [3.63, 3.8) is 0 Å². The first-order valence-electron chi connectivity index (χ1n) is 6.42. The van der Waals surface area contributed by atoms with Gasteiger partial charge in [-0.1, -0.05) is 26.0 Å². The first kappa shape index (κ1) is 12.2. The summed E-state index contributed by atoms with van der Waals surface area (Å²) in [5.41, 5.74) is 7.12. The summed E-state index contributed by atoms with van der Waals surface area (Å²) >= 11 is 0. The van der Waals surface area contributed by atoms with E-state index in [1.165, 1.54) is 5.69 Å². The third kappa shape index (κ3) is 2.55. The highest BCUT2D eigenvalue weighted by molar-refractivity contribution is 5.59. The summed E-state index contributed by atoms with van der Waals surface area (Å²) in [6.45, 7) is 6.96. The normalized spacial score (nSPS) is 17.3. The Kier molecular flexibility index (Phi) is 3.89. The summed E-state index contributed by atoms with van der Waals surface area (Å²) in [5, 5.41) is 0. The van der Waals surface area contributed by atoms with Crippen LogP contribution in [0.5, 0.6) is 5.75 Å². The summed E-state index contributed by atoms with van der Waals surface area (Å²) < 4.78 is 5.77. The maximum Gasteiger partial charge on any atom is 0.142 e. The SMILES string of the molecule is CC(C)C(CN)N1CCCOc2ccccc21. The van der Waals surface area contributed by atoms with Gasteiger partial charge in [0.15, 0.2) is 0 Å². The Hall–Kier alpha value is -1.22. The molecule has 1 aromatic rings. The molecule has 0 saturated carbocycles. The van der Waals surface area contributed by atoms with Crippen LogP contribution in [0.25, 0.3) is 0 Å². The lowest BCUT2D eigenvalue weighted by molar-refractivity contribution is 0.321. The van der Waals surface area contributed by atoms with Crippen molar-refractivity contribution < 1.29 is 4.74 Å². The number of nitrogens with two attached hydrogens (primary N) is 1. The number of nitrogens with zero attached hydrogens (tertiary/aromatic N) is 1. The molecule has 0 saturated heterocycles. The first-order valence-corrected chi connectivity index (χ1v) is 6.42. The lowest BCUT2D eigenvalue weighted by atomic mass is 10.0. The van der Waals surface area contributed by atoms with Gasteiger partial charge in [0.2, 0.25) is 0 Å². The molecule has 1 unspecified atom stereocenters. The van der Waals surface area contributed by atoms with Gasteiger partial charge in [-0.05, 0) is 24.5 Å². The molecule has 0 aromatic heterocycles. The molecule has 3 heteroatoms. The van der Waals surface area contributed by atoms with Crippen LogP contribution < -0.4 is 15.4 Å². The summed E-state index contributed by atoms with van der Waals surface area (Å²) in [6.07, 6.45) is 1.05. The van der Waals surface area contributed by atoms with Crippen LogP contribution in [0.4, 0.5) is 5.69 Å². The van der Waals surface area contributed by atoms with Crippen LogP contribution >= 0.6 is 0 Å². The third-order valence-corrected chi connectivity index (χ3v) is 3.39. The van der Waals surface area contributed by atoms with E-state index in [1.54, 1.807) is 0 Å². The number of anilines is 1. The Bertz CT molecular complexity index is 365. The molecular formula is C14H22N2O. The predicted octanol–water partition coefficient (Wildman–Crippen LogP) is 2.26. The molecule has 94 valence electrons. The Labute approximate surface area is 104 Å². The summed E-state index contributed by atoms with van der Waals surface area (Å²) in [4.78, 5) is 2.41. The van der Waals surface area contributed by atoms with Crippen molar-refractivity contribution in [2.24, 2.45) is 11.7 Å². The summed E-state index contributed by atoms with van der Waals surface area (Å²) in [5.74, 6) is 1.54. The molecule has 3 nitrogen and oxygen atoms in total. The summed E-state index contributed by atoms with van der Waals surface area (Å²) in [6, 6.07) is 8.65. The van der Waals surface area contributed by atoms with Crippen molar-refractivity contribution in [1.29, 1.82) is 0 Å². The molecule has 0 amide bonds. The Morgan fingerprint density at radius 1 is 1.35 bits per heavy atom. The average molecular weight is 234 g/mol. The number of ether oxygens (including phenoxy) is 1. The number of hydrogen-bond acceptors (Lipinski definition) is 3. The van der Waals surface area contributed by atoms with Crippen LogP contribution in [0.2, 0.25) is 0 Å². The second-order valence-electron chi connectivity index (χ2n) is 4.91. The van der Waals surface area contributed by atoms with Gasteiger partial charge in [0.05, 0.1) is 12.3 Å². The van der Waals surface area contributed by atoms with E-state index in [2.05, 4.69) is 30.9 Å². The number of hydrogen-bond donors (Lipinski definition) is 1. The van der Waals surface area contributed by atoms with Crippen molar-refractivity contribution >= 4 is 5.69 Å². The van der Waals surface area contributed by atoms with E-state index in [-0.39, 0.29) is 0 Å². The smallest absolute Gasteiger partial charge is 0.142 e. The van der Waals surface area contributed by atoms with E-state index < -0.39 is 0 Å². The van der Waals surface area contributed by atoms with Crippen molar-refractivity contribution in [2.45, 2.75) is 26.3 Å². The second kappa shape index (κ2) is 5.41. The molecule has 1 aliphatic heterocycles. The maximum atomic E-state index is 5.93. The number of fused-ring (bicyclic) bond motifs is 1. The van der Waals surface area contributed by atoms with Gasteiger partial charge in [-0.15, -0.1) is 0 Å². The van der Waals surface area contributed by atoms with Gasteiger partial charge in [-0.2, -0.15) is 0 Å². The minimum atomic E-state index is 0.387. The van der Waals surface area contributed by atoms with Crippen LogP contribution in [-0.2, 0) is 0 Å². The largest absolute Gasteiger partial charge is 0.491 e. The molecule has 1 aliphatic rings. The quantitative estimate of drug-likeness (QED) is 0.872. The third-order valence-electron chi connectivity index (χ3n) is 3.39. The lowest BCUT2D eigenvalue weighted by Crippen LogP contribution is -2.44.